The molecule has 0 saturated heterocycles. The van der Waals surface area contributed by atoms with Gasteiger partial charge in [-0.2, -0.15) is 0 Å². The number of nitrogens with two attached hydrogens (primary N) is 1. The zero-order chi connectivity index (χ0) is 15.4. The van der Waals surface area contributed by atoms with Crippen LogP contribution in [-0.4, -0.2) is 10.6 Å². The maximum atomic E-state index is 6.20. The lowest BCUT2D eigenvalue weighted by Gasteiger charge is -2.14. The first-order chi connectivity index (χ1) is 10.1. The van der Waals surface area contributed by atoms with Gasteiger partial charge in [0, 0.05) is 34.7 Å². The number of nitrogens with zero attached hydrogens (tertiary/aromatic N) is 1. The molecule has 0 spiro atoms. The smallest absolute Gasteiger partial charge is 0.0498 e. The fraction of sp³-hybridized carbons (Fsp3) is 0.556. The van der Waals surface area contributed by atoms with E-state index >= 15 is 0 Å². The third kappa shape index (κ3) is 3.81. The van der Waals surface area contributed by atoms with Crippen molar-refractivity contribution in [1.29, 1.82) is 0 Å². The van der Waals surface area contributed by atoms with Crippen molar-refractivity contribution in [1.82, 2.24) is 4.57 Å². The molecule has 1 aromatic heterocycles. The van der Waals surface area contributed by atoms with E-state index < -0.39 is 0 Å². The largest absolute Gasteiger partial charge is 0.347 e. The van der Waals surface area contributed by atoms with E-state index in [1.54, 1.807) is 0 Å². The minimum atomic E-state index is 0.230. The standard InChI is InChI=1S/C18H27ClN2/c1-4-13(5-2)11-21-12-14(9-16(20)6-3)17-8-7-15(19)10-18(17)21/h7-8,10,12-13,16H,4-6,9,11,20H2,1-3H3. The molecule has 2 nitrogen and oxygen atoms in total. The monoisotopic (exact) mass is 306 g/mol. The zero-order valence-electron chi connectivity index (χ0n) is 13.4. The van der Waals surface area contributed by atoms with E-state index in [4.69, 9.17) is 17.3 Å². The van der Waals surface area contributed by atoms with E-state index in [2.05, 4.69) is 43.7 Å². The van der Waals surface area contributed by atoms with E-state index in [0.29, 0.717) is 5.92 Å². The molecular formula is C18H27ClN2. The summed E-state index contributed by atoms with van der Waals surface area (Å²) in [6.45, 7) is 7.73. The summed E-state index contributed by atoms with van der Waals surface area (Å²) in [5.74, 6) is 0.715. The Morgan fingerprint density at radius 2 is 1.86 bits per heavy atom. The number of hydrogen-bond donors (Lipinski definition) is 1. The molecule has 0 aliphatic rings. The van der Waals surface area contributed by atoms with Gasteiger partial charge in [0.2, 0.25) is 0 Å². The second-order valence-electron chi connectivity index (χ2n) is 6.02. The summed E-state index contributed by atoms with van der Waals surface area (Å²) in [5.41, 5.74) is 8.75. The molecule has 0 fully saturated rings. The predicted molar refractivity (Wildman–Crippen MR) is 93.0 cm³/mol. The molecule has 0 aliphatic heterocycles. The summed E-state index contributed by atoms with van der Waals surface area (Å²) >= 11 is 6.20. The molecule has 1 unspecified atom stereocenters. The van der Waals surface area contributed by atoms with Gasteiger partial charge in [-0.05, 0) is 36.5 Å². The van der Waals surface area contributed by atoms with E-state index in [0.717, 1.165) is 24.4 Å². The van der Waals surface area contributed by atoms with Crippen molar-refractivity contribution in [3.63, 3.8) is 0 Å². The van der Waals surface area contributed by atoms with Crippen LogP contribution in [0.5, 0.6) is 0 Å². The summed E-state index contributed by atoms with van der Waals surface area (Å²) in [6, 6.07) is 6.43. The molecule has 0 radical (unpaired) electrons. The lowest BCUT2D eigenvalue weighted by atomic mass is 10.0. The van der Waals surface area contributed by atoms with Crippen LogP contribution in [0.3, 0.4) is 0 Å². The average Bonchev–Trinajstić information content (AvgIpc) is 2.81. The molecule has 1 heterocycles. The molecule has 2 N–H and O–H groups in total. The van der Waals surface area contributed by atoms with E-state index in [9.17, 15) is 0 Å². The van der Waals surface area contributed by atoms with Gasteiger partial charge in [-0.15, -0.1) is 0 Å². The lowest BCUT2D eigenvalue weighted by molar-refractivity contribution is 0.425. The third-order valence-electron chi connectivity index (χ3n) is 4.54. The predicted octanol–water partition coefficient (Wildman–Crippen LogP) is 5.01. The number of halogens is 1. The van der Waals surface area contributed by atoms with Crippen molar-refractivity contribution in [3.05, 3.63) is 35.0 Å². The van der Waals surface area contributed by atoms with Crippen LogP contribution in [-0.2, 0) is 13.0 Å². The van der Waals surface area contributed by atoms with Crippen LogP contribution >= 0.6 is 11.6 Å². The fourth-order valence-electron chi connectivity index (χ4n) is 2.91. The normalized spacial score (nSPS) is 13.2. The fourth-order valence-corrected chi connectivity index (χ4v) is 3.07. The van der Waals surface area contributed by atoms with Gasteiger partial charge < -0.3 is 10.3 Å². The number of rotatable bonds is 7. The van der Waals surface area contributed by atoms with Crippen molar-refractivity contribution < 1.29 is 0 Å². The Morgan fingerprint density at radius 1 is 1.14 bits per heavy atom. The highest BCUT2D eigenvalue weighted by Crippen LogP contribution is 2.27. The molecular weight excluding hydrogens is 280 g/mol. The first-order valence-electron chi connectivity index (χ1n) is 8.11. The van der Waals surface area contributed by atoms with E-state index in [1.807, 2.05) is 6.07 Å². The van der Waals surface area contributed by atoms with Crippen LogP contribution < -0.4 is 5.73 Å². The van der Waals surface area contributed by atoms with E-state index in [-0.39, 0.29) is 6.04 Å². The Kier molecular flexibility index (Phi) is 5.72. The van der Waals surface area contributed by atoms with Crippen molar-refractivity contribution >= 4 is 22.5 Å². The Hall–Kier alpha value is -0.990. The molecule has 1 aromatic carbocycles. The summed E-state index contributed by atoms with van der Waals surface area (Å²) in [7, 11) is 0. The molecule has 0 aliphatic carbocycles. The van der Waals surface area contributed by atoms with E-state index in [1.165, 1.54) is 29.3 Å². The first kappa shape index (κ1) is 16.4. The Morgan fingerprint density at radius 3 is 2.48 bits per heavy atom. The number of hydrogen-bond acceptors (Lipinski definition) is 1. The molecule has 2 aromatic rings. The maximum absolute atomic E-state index is 6.20. The summed E-state index contributed by atoms with van der Waals surface area (Å²) in [5, 5.41) is 2.10. The van der Waals surface area contributed by atoms with Gasteiger partial charge in [-0.3, -0.25) is 0 Å². The molecule has 1 atom stereocenters. The van der Waals surface area contributed by atoms with Gasteiger partial charge in [0.05, 0.1) is 0 Å². The molecule has 116 valence electrons. The highest BCUT2D eigenvalue weighted by molar-refractivity contribution is 6.31. The van der Waals surface area contributed by atoms with Crippen LogP contribution in [0.2, 0.25) is 5.02 Å². The minimum Gasteiger partial charge on any atom is -0.347 e. The highest BCUT2D eigenvalue weighted by atomic mass is 35.5. The zero-order valence-corrected chi connectivity index (χ0v) is 14.2. The minimum absolute atomic E-state index is 0.230. The van der Waals surface area contributed by atoms with Crippen LogP contribution in [0.25, 0.3) is 10.9 Å². The topological polar surface area (TPSA) is 30.9 Å². The molecule has 21 heavy (non-hydrogen) atoms. The Labute approximate surface area is 133 Å². The van der Waals surface area contributed by atoms with Gasteiger partial charge >= 0.3 is 0 Å². The molecule has 0 saturated carbocycles. The quantitative estimate of drug-likeness (QED) is 0.766. The lowest BCUT2D eigenvalue weighted by Crippen LogP contribution is -2.21. The number of benzene rings is 1. The summed E-state index contributed by atoms with van der Waals surface area (Å²) < 4.78 is 2.37. The van der Waals surface area contributed by atoms with Crippen LogP contribution in [0.4, 0.5) is 0 Å². The van der Waals surface area contributed by atoms with Crippen LogP contribution in [0.1, 0.15) is 45.6 Å². The molecule has 0 amide bonds. The van der Waals surface area contributed by atoms with Crippen molar-refractivity contribution in [3.8, 4) is 0 Å². The number of fused-ring (bicyclic) bond motifs is 1. The van der Waals surface area contributed by atoms with Crippen molar-refractivity contribution in [2.75, 3.05) is 0 Å². The molecule has 0 bridgehead atoms. The van der Waals surface area contributed by atoms with Gasteiger partial charge in [-0.25, -0.2) is 0 Å². The van der Waals surface area contributed by atoms with Crippen LogP contribution in [0, 0.1) is 5.92 Å². The maximum Gasteiger partial charge on any atom is 0.0498 e. The highest BCUT2D eigenvalue weighted by Gasteiger charge is 2.13. The SMILES string of the molecule is CCC(N)Cc1cn(CC(CC)CC)c2cc(Cl)ccc12. The van der Waals surface area contributed by atoms with Crippen molar-refractivity contribution in [2.24, 2.45) is 11.7 Å². The molecule has 2 rings (SSSR count). The number of aromatic nitrogens is 1. The molecule has 3 heteroatoms. The third-order valence-corrected chi connectivity index (χ3v) is 4.78. The van der Waals surface area contributed by atoms with Crippen LogP contribution in [0.15, 0.2) is 24.4 Å². The Balaban J connectivity index is 2.41. The average molecular weight is 307 g/mol. The second kappa shape index (κ2) is 7.33. The second-order valence-corrected chi connectivity index (χ2v) is 6.46. The van der Waals surface area contributed by atoms with Gasteiger partial charge in [0.1, 0.15) is 0 Å². The summed E-state index contributed by atoms with van der Waals surface area (Å²) in [4.78, 5) is 0. The van der Waals surface area contributed by atoms with Gasteiger partial charge in [0.25, 0.3) is 0 Å². The first-order valence-corrected chi connectivity index (χ1v) is 8.49. The Bertz CT molecular complexity index is 584. The van der Waals surface area contributed by atoms with Gasteiger partial charge in [-0.1, -0.05) is 51.3 Å². The van der Waals surface area contributed by atoms with Crippen molar-refractivity contribution in [2.45, 2.75) is 59.0 Å². The summed E-state index contributed by atoms with van der Waals surface area (Å²) in [6.07, 6.45) is 6.65. The van der Waals surface area contributed by atoms with Gasteiger partial charge in [0.15, 0.2) is 0 Å².